The summed E-state index contributed by atoms with van der Waals surface area (Å²) in [5.41, 5.74) is 0.512. The summed E-state index contributed by atoms with van der Waals surface area (Å²) < 4.78 is 0. The number of aliphatic carboxylic acids is 1. The summed E-state index contributed by atoms with van der Waals surface area (Å²) in [6.07, 6.45) is 1.68. The molecule has 0 aliphatic carbocycles. The molecule has 2 rings (SSSR count). The number of rotatable bonds is 2. The van der Waals surface area contributed by atoms with Gasteiger partial charge in [-0.2, -0.15) is 0 Å². The van der Waals surface area contributed by atoms with Crippen molar-refractivity contribution >= 4 is 11.9 Å². The largest absolute Gasteiger partial charge is 0.481 e. The van der Waals surface area contributed by atoms with Crippen molar-refractivity contribution in [3.8, 4) is 0 Å². The summed E-state index contributed by atoms with van der Waals surface area (Å²) in [6, 6.07) is 3.45. The van der Waals surface area contributed by atoms with Crippen molar-refractivity contribution in [2.45, 2.75) is 6.92 Å². The molecule has 0 radical (unpaired) electrons. The van der Waals surface area contributed by atoms with Gasteiger partial charge in [-0.1, -0.05) is 6.92 Å². The van der Waals surface area contributed by atoms with Crippen molar-refractivity contribution in [2.24, 2.45) is 11.8 Å². The third kappa shape index (κ3) is 1.80. The maximum Gasteiger partial charge on any atom is 0.308 e. The first kappa shape index (κ1) is 10.7. The van der Waals surface area contributed by atoms with E-state index in [0.717, 1.165) is 0 Å². The van der Waals surface area contributed by atoms with Crippen LogP contribution in [0.1, 0.15) is 17.4 Å². The van der Waals surface area contributed by atoms with E-state index in [1.807, 2.05) is 6.92 Å². The van der Waals surface area contributed by atoms with Gasteiger partial charge < -0.3 is 15.0 Å². The van der Waals surface area contributed by atoms with E-state index < -0.39 is 11.9 Å². The predicted molar refractivity (Wildman–Crippen MR) is 57.0 cm³/mol. The lowest BCUT2D eigenvalue weighted by atomic mass is 9.99. The number of hydrogen-bond acceptors (Lipinski definition) is 2. The second-order valence-electron chi connectivity index (χ2n) is 4.22. The molecule has 86 valence electrons. The van der Waals surface area contributed by atoms with Crippen molar-refractivity contribution in [1.29, 1.82) is 0 Å². The van der Waals surface area contributed by atoms with Crippen LogP contribution < -0.4 is 0 Å². The van der Waals surface area contributed by atoms with Gasteiger partial charge in [0, 0.05) is 19.3 Å². The molecule has 16 heavy (non-hydrogen) atoms. The lowest BCUT2D eigenvalue weighted by molar-refractivity contribution is -0.142. The minimum atomic E-state index is -0.825. The van der Waals surface area contributed by atoms with Crippen molar-refractivity contribution in [3.05, 3.63) is 24.0 Å². The first-order valence-electron chi connectivity index (χ1n) is 5.25. The van der Waals surface area contributed by atoms with Gasteiger partial charge in [0.05, 0.1) is 5.92 Å². The molecule has 5 nitrogen and oxygen atoms in total. The number of carbonyl (C=O) groups excluding carboxylic acids is 1. The number of carboxylic acids is 1. The number of hydrogen-bond donors (Lipinski definition) is 2. The van der Waals surface area contributed by atoms with Crippen LogP contribution in [-0.2, 0) is 4.79 Å². The van der Waals surface area contributed by atoms with Gasteiger partial charge in [-0.3, -0.25) is 9.59 Å². The molecule has 0 spiro atoms. The van der Waals surface area contributed by atoms with Gasteiger partial charge in [0.25, 0.3) is 5.91 Å². The number of H-pyrrole nitrogens is 1. The van der Waals surface area contributed by atoms with Crippen molar-refractivity contribution in [2.75, 3.05) is 13.1 Å². The van der Waals surface area contributed by atoms with Crippen LogP contribution in [0.3, 0.4) is 0 Å². The second kappa shape index (κ2) is 4.00. The van der Waals surface area contributed by atoms with E-state index in [0.29, 0.717) is 18.8 Å². The number of nitrogens with zero attached hydrogens (tertiary/aromatic N) is 1. The molecule has 2 N–H and O–H groups in total. The normalized spacial score (nSPS) is 24.7. The van der Waals surface area contributed by atoms with E-state index in [2.05, 4.69) is 4.98 Å². The summed E-state index contributed by atoms with van der Waals surface area (Å²) in [4.78, 5) is 27.3. The molecule has 1 aromatic heterocycles. The van der Waals surface area contributed by atoms with Crippen LogP contribution in [0.25, 0.3) is 0 Å². The zero-order chi connectivity index (χ0) is 11.7. The number of aromatic amines is 1. The highest BCUT2D eigenvalue weighted by Crippen LogP contribution is 2.24. The van der Waals surface area contributed by atoms with Crippen molar-refractivity contribution < 1.29 is 14.7 Å². The SMILES string of the molecule is C[C@@H]1CN(C(=O)c2ccc[nH]2)C[C@H]1C(=O)O. The Hall–Kier alpha value is -1.78. The second-order valence-corrected chi connectivity index (χ2v) is 4.22. The van der Waals surface area contributed by atoms with Crippen molar-refractivity contribution in [1.82, 2.24) is 9.88 Å². The summed E-state index contributed by atoms with van der Waals surface area (Å²) >= 11 is 0. The van der Waals surface area contributed by atoms with E-state index >= 15 is 0 Å². The highest BCUT2D eigenvalue weighted by molar-refractivity contribution is 5.93. The molecule has 1 fully saturated rings. The number of nitrogens with one attached hydrogen (secondary N) is 1. The maximum absolute atomic E-state index is 11.9. The minimum Gasteiger partial charge on any atom is -0.481 e. The minimum absolute atomic E-state index is 0.0106. The molecule has 0 bridgehead atoms. The lowest BCUT2D eigenvalue weighted by Gasteiger charge is -2.14. The Balaban J connectivity index is 2.09. The zero-order valence-electron chi connectivity index (χ0n) is 9.01. The molecule has 2 heterocycles. The van der Waals surface area contributed by atoms with Gasteiger partial charge in [0.15, 0.2) is 0 Å². The third-order valence-corrected chi connectivity index (χ3v) is 3.05. The topological polar surface area (TPSA) is 73.4 Å². The predicted octanol–water partition coefficient (Wildman–Crippen LogP) is 0.807. The van der Waals surface area contributed by atoms with Gasteiger partial charge in [0.2, 0.25) is 0 Å². The fourth-order valence-electron chi connectivity index (χ4n) is 2.09. The fourth-order valence-corrected chi connectivity index (χ4v) is 2.09. The molecule has 1 saturated heterocycles. The summed E-state index contributed by atoms with van der Waals surface area (Å²) in [7, 11) is 0. The lowest BCUT2D eigenvalue weighted by Crippen LogP contribution is -2.30. The smallest absolute Gasteiger partial charge is 0.308 e. The number of carbonyl (C=O) groups is 2. The first-order chi connectivity index (χ1) is 7.59. The summed E-state index contributed by atoms with van der Waals surface area (Å²) in [5, 5.41) is 8.97. The van der Waals surface area contributed by atoms with E-state index in [1.54, 1.807) is 23.2 Å². The van der Waals surface area contributed by atoms with Crippen molar-refractivity contribution in [3.63, 3.8) is 0 Å². The summed E-state index contributed by atoms with van der Waals surface area (Å²) in [6.45, 7) is 2.67. The highest BCUT2D eigenvalue weighted by Gasteiger charge is 2.37. The molecule has 5 heteroatoms. The molecular formula is C11H14N2O3. The molecule has 0 aromatic carbocycles. The molecular weight excluding hydrogens is 208 g/mol. The average molecular weight is 222 g/mol. The summed E-state index contributed by atoms with van der Waals surface area (Å²) in [5.74, 6) is -1.38. The molecule has 1 amide bonds. The Labute approximate surface area is 93.1 Å². The molecule has 1 aliphatic heterocycles. The van der Waals surface area contributed by atoms with Crippen LogP contribution in [0.5, 0.6) is 0 Å². The number of aromatic nitrogens is 1. The van der Waals surface area contributed by atoms with Crippen LogP contribution in [-0.4, -0.2) is 40.0 Å². The van der Waals surface area contributed by atoms with Crippen LogP contribution >= 0.6 is 0 Å². The quantitative estimate of drug-likeness (QED) is 0.777. The van der Waals surface area contributed by atoms with Crippen LogP contribution in [0, 0.1) is 11.8 Å². The van der Waals surface area contributed by atoms with Gasteiger partial charge in [-0.25, -0.2) is 0 Å². The number of carboxylic acid groups (broad SMARTS) is 1. The Bertz CT molecular complexity index is 399. The van der Waals surface area contributed by atoms with E-state index in [4.69, 9.17) is 5.11 Å². The van der Waals surface area contributed by atoms with Gasteiger partial charge in [0.1, 0.15) is 5.69 Å². The zero-order valence-corrected chi connectivity index (χ0v) is 9.01. The van der Waals surface area contributed by atoms with E-state index in [1.165, 1.54) is 0 Å². The molecule has 1 aliphatic rings. The molecule has 1 aromatic rings. The monoisotopic (exact) mass is 222 g/mol. The van der Waals surface area contributed by atoms with Crippen LogP contribution in [0.15, 0.2) is 18.3 Å². The number of likely N-dealkylation sites (tertiary alicyclic amines) is 1. The Morgan fingerprint density at radius 1 is 1.50 bits per heavy atom. The molecule has 0 saturated carbocycles. The Kier molecular flexibility index (Phi) is 2.68. The highest BCUT2D eigenvalue weighted by atomic mass is 16.4. The third-order valence-electron chi connectivity index (χ3n) is 3.05. The first-order valence-corrected chi connectivity index (χ1v) is 5.25. The Morgan fingerprint density at radius 3 is 2.75 bits per heavy atom. The molecule has 0 unspecified atom stereocenters. The van der Waals surface area contributed by atoms with Gasteiger partial charge in [-0.15, -0.1) is 0 Å². The van der Waals surface area contributed by atoms with Crippen LogP contribution in [0.2, 0.25) is 0 Å². The average Bonchev–Trinajstić information content (AvgIpc) is 2.84. The van der Waals surface area contributed by atoms with Gasteiger partial charge >= 0.3 is 5.97 Å². The maximum atomic E-state index is 11.9. The van der Waals surface area contributed by atoms with E-state index in [9.17, 15) is 9.59 Å². The fraction of sp³-hybridized carbons (Fsp3) is 0.455. The Morgan fingerprint density at radius 2 is 2.25 bits per heavy atom. The van der Waals surface area contributed by atoms with Gasteiger partial charge in [-0.05, 0) is 18.1 Å². The van der Waals surface area contributed by atoms with Crippen LogP contribution in [0.4, 0.5) is 0 Å². The molecule has 2 atom stereocenters. The number of amides is 1. The standard InChI is InChI=1S/C11H14N2O3/c1-7-5-13(6-8(7)11(15)16)10(14)9-3-2-4-12-9/h2-4,7-8,12H,5-6H2,1H3,(H,15,16)/t7-,8-/m1/s1. The van der Waals surface area contributed by atoms with E-state index in [-0.39, 0.29) is 11.8 Å².